The molecule has 3 aliphatic rings. The fraction of sp³-hybridized carbons (Fsp3) is 0.333. The first-order valence-corrected chi connectivity index (χ1v) is 16.3. The Balaban J connectivity index is 1.23. The van der Waals surface area contributed by atoms with E-state index in [1.54, 1.807) is 24.3 Å². The third-order valence-corrected chi connectivity index (χ3v) is 9.66. The van der Waals surface area contributed by atoms with Gasteiger partial charge in [0, 0.05) is 11.4 Å². The van der Waals surface area contributed by atoms with Crippen molar-refractivity contribution < 1.29 is 29.5 Å². The van der Waals surface area contributed by atoms with E-state index in [1.165, 1.54) is 11.0 Å². The van der Waals surface area contributed by atoms with Crippen LogP contribution < -0.4 is 10.2 Å². The van der Waals surface area contributed by atoms with Gasteiger partial charge in [-0.3, -0.25) is 14.5 Å². The molecule has 3 aromatic rings. The number of nitrogens with zero attached hydrogens (tertiary/aromatic N) is 1. The van der Waals surface area contributed by atoms with Crippen LogP contribution in [0.15, 0.2) is 89.5 Å². The maximum Gasteiger partial charge on any atom is 0.455 e. The van der Waals surface area contributed by atoms with E-state index in [1.807, 2.05) is 48.5 Å². The van der Waals surface area contributed by atoms with Crippen LogP contribution in [0, 0.1) is 17.8 Å². The molecule has 0 bridgehead atoms. The molecule has 0 spiro atoms. The smallest absolute Gasteiger partial charge is 0.455 e. The normalized spacial score (nSPS) is 23.1. The zero-order valence-electron chi connectivity index (χ0n) is 25.7. The van der Waals surface area contributed by atoms with E-state index < -0.39 is 31.0 Å². The lowest BCUT2D eigenvalue weighted by Crippen LogP contribution is -2.46. The molecule has 2 heterocycles. The van der Waals surface area contributed by atoms with Gasteiger partial charge in [0.05, 0.1) is 35.3 Å². The van der Waals surface area contributed by atoms with Crippen LogP contribution in [0.1, 0.15) is 44.6 Å². The molecule has 2 fully saturated rings. The number of fused-ring (bicyclic) bond motifs is 3. The Labute approximate surface area is 274 Å². The minimum absolute atomic E-state index is 0.101. The van der Waals surface area contributed by atoms with Crippen molar-refractivity contribution in [1.82, 2.24) is 0 Å². The van der Waals surface area contributed by atoms with E-state index in [0.717, 1.165) is 46.5 Å². The number of halogens is 1. The van der Waals surface area contributed by atoms with Crippen LogP contribution in [0.4, 0.5) is 17.1 Å². The van der Waals surface area contributed by atoms with Crippen molar-refractivity contribution in [3.63, 3.8) is 0 Å². The number of allylic oxidation sites excluding steroid dienone is 1. The number of amides is 2. The fourth-order valence-corrected chi connectivity index (χ4v) is 7.54. The van der Waals surface area contributed by atoms with Gasteiger partial charge in [0.2, 0.25) is 11.8 Å². The first-order chi connectivity index (χ1) is 22.3. The zero-order chi connectivity index (χ0) is 32.4. The van der Waals surface area contributed by atoms with Gasteiger partial charge >= 0.3 is 7.12 Å². The highest BCUT2D eigenvalue weighted by Crippen LogP contribution is 2.51. The van der Waals surface area contributed by atoms with E-state index in [-0.39, 0.29) is 36.9 Å². The lowest BCUT2D eigenvalue weighted by atomic mass is 9.58. The second-order valence-corrected chi connectivity index (χ2v) is 12.7. The number of phenolic OH excluding ortho intramolecular Hbond substituents is 1. The van der Waals surface area contributed by atoms with Gasteiger partial charge in [0.1, 0.15) is 5.75 Å². The number of rotatable bonds is 10. The molecule has 4 N–H and O–H groups in total. The molecule has 0 saturated carbocycles. The number of para-hydroxylation sites is 1. The van der Waals surface area contributed by atoms with Crippen molar-refractivity contribution in [2.45, 2.75) is 51.5 Å². The molecule has 4 atom stereocenters. The average Bonchev–Trinajstić information content (AvgIpc) is 3.30. The lowest BCUT2D eigenvalue weighted by molar-refractivity contribution is -0.122. The maximum atomic E-state index is 14.0. The topological polar surface area (TPSA) is 119 Å². The molecule has 1 aliphatic carbocycles. The molecular formula is C36H38BClN2O6. The van der Waals surface area contributed by atoms with Crippen molar-refractivity contribution in [2.24, 2.45) is 17.8 Å². The molecule has 6 rings (SSSR count). The predicted molar refractivity (Wildman–Crippen MR) is 181 cm³/mol. The highest BCUT2D eigenvalue weighted by Gasteiger charge is 2.57. The summed E-state index contributed by atoms with van der Waals surface area (Å²) in [4.78, 5) is 29.1. The number of aliphatic hydroxyl groups excluding tert-OH is 1. The van der Waals surface area contributed by atoms with Crippen molar-refractivity contribution >= 4 is 53.7 Å². The summed E-state index contributed by atoms with van der Waals surface area (Å²) in [6.45, 7) is 1.85. The molecule has 8 nitrogen and oxygen atoms in total. The van der Waals surface area contributed by atoms with Crippen molar-refractivity contribution in [2.75, 3.05) is 16.8 Å². The standard InChI is InChI=1S/C36H38BClN2O6/c1-2-6-22(17-23-10-15-28(42)19-31(23)38)9-16-32-33-24(21-41)18-29-34(30(33)20-37(45)46-32)36(44)40(35(29)43)27-13-11-26(12-14-27)39-25-7-4-3-5-8-25/h3-5,7-8,10-15,17,19,29-30,32,34,39,41-42,45H,2,6,9,16,18,20-21H2,1H3/b22-17+/t29-,30+,32-,34-/m1/s1. The van der Waals surface area contributed by atoms with Gasteiger partial charge in [0.25, 0.3) is 0 Å². The van der Waals surface area contributed by atoms with Crippen LogP contribution in [-0.2, 0) is 14.2 Å². The first kappa shape index (κ1) is 32.1. The summed E-state index contributed by atoms with van der Waals surface area (Å²) in [7, 11) is -1.09. The molecule has 0 unspecified atom stereocenters. The van der Waals surface area contributed by atoms with Crippen LogP contribution >= 0.6 is 11.6 Å². The maximum absolute atomic E-state index is 14.0. The Kier molecular flexibility index (Phi) is 9.66. The number of hydrogen-bond acceptors (Lipinski definition) is 7. The molecule has 238 valence electrons. The summed E-state index contributed by atoms with van der Waals surface area (Å²) >= 11 is 6.38. The van der Waals surface area contributed by atoms with Gasteiger partial charge in [-0.25, -0.2) is 0 Å². The van der Waals surface area contributed by atoms with E-state index in [2.05, 4.69) is 12.2 Å². The summed E-state index contributed by atoms with van der Waals surface area (Å²) in [5, 5.41) is 34.9. The van der Waals surface area contributed by atoms with Gasteiger partial charge in [-0.2, -0.15) is 0 Å². The Bertz CT molecular complexity index is 1660. The fourth-order valence-electron chi connectivity index (χ4n) is 7.31. The van der Waals surface area contributed by atoms with E-state index in [9.17, 15) is 24.8 Å². The number of hydrogen-bond donors (Lipinski definition) is 4. The van der Waals surface area contributed by atoms with Crippen LogP contribution in [0.3, 0.4) is 0 Å². The Morgan fingerprint density at radius 1 is 1.02 bits per heavy atom. The molecule has 46 heavy (non-hydrogen) atoms. The number of carbonyl (C=O) groups excluding carboxylic acids is 2. The molecule has 2 saturated heterocycles. The summed E-state index contributed by atoms with van der Waals surface area (Å²) in [5.41, 5.74) is 5.77. The van der Waals surface area contributed by atoms with Gasteiger partial charge in [-0.15, -0.1) is 0 Å². The van der Waals surface area contributed by atoms with Crippen LogP contribution in [-0.4, -0.2) is 46.9 Å². The van der Waals surface area contributed by atoms with Crippen LogP contribution in [0.2, 0.25) is 11.3 Å². The first-order valence-electron chi connectivity index (χ1n) is 15.9. The van der Waals surface area contributed by atoms with E-state index >= 15 is 0 Å². The number of phenols is 1. The molecule has 2 aliphatic heterocycles. The van der Waals surface area contributed by atoms with Crippen LogP contribution in [0.25, 0.3) is 6.08 Å². The highest BCUT2D eigenvalue weighted by molar-refractivity contribution is 6.43. The zero-order valence-corrected chi connectivity index (χ0v) is 26.5. The van der Waals surface area contributed by atoms with E-state index in [0.29, 0.717) is 23.6 Å². The molecule has 0 radical (unpaired) electrons. The Morgan fingerprint density at radius 3 is 2.46 bits per heavy atom. The van der Waals surface area contributed by atoms with E-state index in [4.69, 9.17) is 16.3 Å². The second-order valence-electron chi connectivity index (χ2n) is 12.3. The minimum Gasteiger partial charge on any atom is -0.508 e. The Morgan fingerprint density at radius 2 is 1.76 bits per heavy atom. The van der Waals surface area contributed by atoms with Crippen molar-refractivity contribution in [3.05, 3.63) is 100 Å². The SMILES string of the molecule is CCC/C(=C\c1ccc(O)cc1Cl)CC[C@H]1OB(O)C[C@H]2C1=C(CO)C[C@H]1C(=O)N(c3ccc(Nc4ccccc4)cc3)C(=O)[C@H]12. The molecule has 2 amide bonds. The monoisotopic (exact) mass is 640 g/mol. The predicted octanol–water partition coefficient (Wildman–Crippen LogP) is 6.75. The molecule has 0 aromatic heterocycles. The van der Waals surface area contributed by atoms with Gasteiger partial charge < -0.3 is 25.2 Å². The second kappa shape index (κ2) is 13.9. The Hall–Kier alpha value is -3.89. The lowest BCUT2D eigenvalue weighted by Gasteiger charge is -2.43. The number of benzene rings is 3. The van der Waals surface area contributed by atoms with Gasteiger partial charge in [-0.1, -0.05) is 54.8 Å². The van der Waals surface area contributed by atoms with Crippen LogP contribution in [0.5, 0.6) is 5.75 Å². The average molecular weight is 641 g/mol. The number of aromatic hydroxyl groups is 1. The summed E-state index contributed by atoms with van der Waals surface area (Å²) < 4.78 is 6.07. The van der Waals surface area contributed by atoms with Gasteiger partial charge in [-0.05, 0) is 109 Å². The summed E-state index contributed by atoms with van der Waals surface area (Å²) in [6.07, 6.45) is 4.91. The minimum atomic E-state index is -1.09. The number of imide groups is 1. The molecule has 10 heteroatoms. The number of anilines is 3. The van der Waals surface area contributed by atoms with Crippen molar-refractivity contribution in [3.8, 4) is 5.75 Å². The summed E-state index contributed by atoms with van der Waals surface area (Å²) in [5.74, 6) is -2.12. The quantitative estimate of drug-likeness (QED) is 0.110. The summed E-state index contributed by atoms with van der Waals surface area (Å²) in [6, 6.07) is 21.8. The van der Waals surface area contributed by atoms with Gasteiger partial charge in [0.15, 0.2) is 0 Å². The number of carbonyl (C=O) groups is 2. The third-order valence-electron chi connectivity index (χ3n) is 9.33. The number of nitrogens with one attached hydrogen (secondary N) is 1. The molecular weight excluding hydrogens is 603 g/mol. The third kappa shape index (κ3) is 6.51. The largest absolute Gasteiger partial charge is 0.508 e. The highest BCUT2D eigenvalue weighted by atomic mass is 35.5. The van der Waals surface area contributed by atoms with Crippen molar-refractivity contribution in [1.29, 1.82) is 0 Å². The molecule has 3 aromatic carbocycles. The number of aliphatic hydroxyl groups is 1.